The Hall–Kier alpha value is -1.29. The van der Waals surface area contributed by atoms with E-state index in [0.717, 1.165) is 25.3 Å². The van der Waals surface area contributed by atoms with Gasteiger partial charge in [-0.2, -0.15) is 0 Å². The van der Waals surface area contributed by atoms with Crippen LogP contribution >= 0.6 is 11.6 Å². The van der Waals surface area contributed by atoms with Gasteiger partial charge in [0.05, 0.1) is 0 Å². The van der Waals surface area contributed by atoms with Gasteiger partial charge < -0.3 is 10.6 Å². The molecule has 1 atom stereocenters. The lowest BCUT2D eigenvalue weighted by Crippen LogP contribution is -2.33. The predicted octanol–water partition coefficient (Wildman–Crippen LogP) is 3.48. The second kappa shape index (κ2) is 6.93. The minimum Gasteiger partial charge on any atom is -0.370 e. The molecule has 1 aliphatic carbocycles. The van der Waals surface area contributed by atoms with Crippen LogP contribution in [0.5, 0.6) is 0 Å². The van der Waals surface area contributed by atoms with Crippen molar-refractivity contribution in [3.8, 4) is 0 Å². The molecule has 0 aliphatic heterocycles. The Labute approximate surface area is 125 Å². The summed E-state index contributed by atoms with van der Waals surface area (Å²) in [5.74, 6) is 1.37. The Morgan fingerprint density at radius 1 is 1.50 bits per heavy atom. The summed E-state index contributed by atoms with van der Waals surface area (Å²) in [6.07, 6.45) is 4.65. The van der Waals surface area contributed by atoms with Crippen LogP contribution in [0.15, 0.2) is 12.1 Å². The van der Waals surface area contributed by atoms with Crippen molar-refractivity contribution in [3.63, 3.8) is 0 Å². The van der Waals surface area contributed by atoms with E-state index in [1.54, 1.807) is 12.1 Å². The molecule has 20 heavy (non-hydrogen) atoms. The van der Waals surface area contributed by atoms with Gasteiger partial charge in [-0.15, -0.1) is 0 Å². The molecule has 1 amide bonds. The van der Waals surface area contributed by atoms with Crippen LogP contribution in [-0.4, -0.2) is 23.5 Å². The minimum atomic E-state index is -0.0815. The molecule has 5 heteroatoms. The van der Waals surface area contributed by atoms with Gasteiger partial charge >= 0.3 is 0 Å². The van der Waals surface area contributed by atoms with E-state index in [4.69, 9.17) is 11.6 Å². The minimum absolute atomic E-state index is 0.0815. The maximum absolute atomic E-state index is 12.2. The third-order valence-corrected chi connectivity index (χ3v) is 3.57. The molecule has 0 saturated heterocycles. The number of hydrogen-bond acceptors (Lipinski definition) is 3. The second-order valence-electron chi connectivity index (χ2n) is 5.54. The summed E-state index contributed by atoms with van der Waals surface area (Å²) in [6.45, 7) is 4.94. The number of carbonyl (C=O) groups excluding carboxylic acids is 1. The van der Waals surface area contributed by atoms with Gasteiger partial charge in [0, 0.05) is 18.2 Å². The van der Waals surface area contributed by atoms with Crippen LogP contribution in [0.4, 0.5) is 5.82 Å². The molecule has 1 aliphatic rings. The summed E-state index contributed by atoms with van der Waals surface area (Å²) < 4.78 is 0. The molecule has 0 bridgehead atoms. The summed E-state index contributed by atoms with van der Waals surface area (Å²) in [6, 6.07) is 3.56. The quantitative estimate of drug-likeness (QED) is 0.757. The average Bonchev–Trinajstić information content (AvgIpc) is 3.19. The van der Waals surface area contributed by atoms with Crippen molar-refractivity contribution < 1.29 is 4.79 Å². The number of carbonyl (C=O) groups is 1. The molecule has 110 valence electrons. The van der Waals surface area contributed by atoms with Crippen molar-refractivity contribution >= 4 is 23.3 Å². The molecule has 4 nitrogen and oxygen atoms in total. The first kappa shape index (κ1) is 15.1. The van der Waals surface area contributed by atoms with Crippen LogP contribution in [0.25, 0.3) is 0 Å². The van der Waals surface area contributed by atoms with Crippen molar-refractivity contribution in [1.82, 2.24) is 10.3 Å². The highest BCUT2D eigenvalue weighted by atomic mass is 35.5. The molecule has 1 unspecified atom stereocenters. The van der Waals surface area contributed by atoms with Crippen molar-refractivity contribution in [1.29, 1.82) is 0 Å². The summed E-state index contributed by atoms with van der Waals surface area (Å²) in [5.41, 5.74) is 0.561. The van der Waals surface area contributed by atoms with E-state index in [-0.39, 0.29) is 11.9 Å². The molecule has 2 rings (SSSR count). The van der Waals surface area contributed by atoms with Crippen molar-refractivity contribution in [2.75, 3.05) is 11.9 Å². The Balaban J connectivity index is 1.98. The number of rotatable bonds is 7. The number of nitrogens with zero attached hydrogens (tertiary/aromatic N) is 1. The third-order valence-electron chi connectivity index (χ3n) is 3.37. The van der Waals surface area contributed by atoms with E-state index in [1.165, 1.54) is 12.8 Å². The predicted molar refractivity (Wildman–Crippen MR) is 82.3 cm³/mol. The van der Waals surface area contributed by atoms with E-state index in [1.807, 2.05) is 0 Å². The first-order valence-electron chi connectivity index (χ1n) is 7.30. The molecule has 1 heterocycles. The van der Waals surface area contributed by atoms with Gasteiger partial charge in [0.1, 0.15) is 11.0 Å². The maximum atomic E-state index is 12.2. The Kier molecular flexibility index (Phi) is 5.24. The van der Waals surface area contributed by atoms with Gasteiger partial charge in [-0.3, -0.25) is 4.79 Å². The lowest BCUT2D eigenvalue weighted by atomic mass is 10.1. The van der Waals surface area contributed by atoms with Gasteiger partial charge in [0.2, 0.25) is 0 Å². The van der Waals surface area contributed by atoms with E-state index >= 15 is 0 Å². The van der Waals surface area contributed by atoms with Gasteiger partial charge in [-0.1, -0.05) is 31.4 Å². The lowest BCUT2D eigenvalue weighted by Gasteiger charge is -2.14. The summed E-state index contributed by atoms with van der Waals surface area (Å²) in [5, 5.41) is 6.51. The zero-order valence-corrected chi connectivity index (χ0v) is 12.8. The molecular weight excluding hydrogens is 274 g/mol. The highest BCUT2D eigenvalue weighted by Gasteiger charge is 2.24. The van der Waals surface area contributed by atoms with Crippen LogP contribution in [0, 0.1) is 5.92 Å². The second-order valence-corrected chi connectivity index (χ2v) is 5.93. The largest absolute Gasteiger partial charge is 0.370 e. The highest BCUT2D eigenvalue weighted by Crippen LogP contribution is 2.33. The highest BCUT2D eigenvalue weighted by molar-refractivity contribution is 6.29. The standard InChI is InChI=1S/C15H22ClN3O/c1-3-6-17-14-9-12(8-13(16)19-14)15(20)18-10(2)7-11-4-5-11/h8-11H,3-7H2,1-2H3,(H,17,19)(H,18,20). The molecule has 1 fully saturated rings. The fraction of sp³-hybridized carbons (Fsp3) is 0.600. The molecular formula is C15H22ClN3O. The summed E-state index contributed by atoms with van der Waals surface area (Å²) in [7, 11) is 0. The third kappa shape index (κ3) is 4.67. The molecule has 0 aromatic carbocycles. The number of amides is 1. The van der Waals surface area contributed by atoms with E-state index in [0.29, 0.717) is 16.5 Å². The summed E-state index contributed by atoms with van der Waals surface area (Å²) >= 11 is 5.97. The number of halogens is 1. The Morgan fingerprint density at radius 2 is 2.25 bits per heavy atom. The van der Waals surface area contributed by atoms with Crippen molar-refractivity contribution in [3.05, 3.63) is 22.8 Å². The van der Waals surface area contributed by atoms with Gasteiger partial charge in [-0.05, 0) is 37.8 Å². The number of nitrogens with one attached hydrogen (secondary N) is 2. The average molecular weight is 296 g/mol. The van der Waals surface area contributed by atoms with Crippen LogP contribution in [0.3, 0.4) is 0 Å². The van der Waals surface area contributed by atoms with Gasteiger partial charge in [0.15, 0.2) is 0 Å². The van der Waals surface area contributed by atoms with Crippen molar-refractivity contribution in [2.24, 2.45) is 5.92 Å². The summed E-state index contributed by atoms with van der Waals surface area (Å²) in [4.78, 5) is 16.4. The molecule has 2 N–H and O–H groups in total. The Bertz CT molecular complexity index is 474. The molecule has 0 spiro atoms. The number of pyridine rings is 1. The Morgan fingerprint density at radius 3 is 2.90 bits per heavy atom. The zero-order chi connectivity index (χ0) is 14.5. The van der Waals surface area contributed by atoms with E-state index in [9.17, 15) is 4.79 Å². The van der Waals surface area contributed by atoms with Crippen LogP contribution < -0.4 is 10.6 Å². The van der Waals surface area contributed by atoms with Gasteiger partial charge in [-0.25, -0.2) is 4.98 Å². The first-order chi connectivity index (χ1) is 9.58. The van der Waals surface area contributed by atoms with E-state index < -0.39 is 0 Å². The lowest BCUT2D eigenvalue weighted by molar-refractivity contribution is 0.0937. The van der Waals surface area contributed by atoms with Crippen LogP contribution in [0.1, 0.15) is 49.9 Å². The van der Waals surface area contributed by atoms with Gasteiger partial charge in [0.25, 0.3) is 5.91 Å². The van der Waals surface area contributed by atoms with E-state index in [2.05, 4.69) is 29.5 Å². The monoisotopic (exact) mass is 295 g/mol. The first-order valence-corrected chi connectivity index (χ1v) is 7.68. The number of aromatic nitrogens is 1. The number of anilines is 1. The maximum Gasteiger partial charge on any atom is 0.251 e. The molecule has 1 aromatic heterocycles. The fourth-order valence-electron chi connectivity index (χ4n) is 2.19. The smallest absolute Gasteiger partial charge is 0.251 e. The normalized spacial score (nSPS) is 15.8. The van der Waals surface area contributed by atoms with Crippen LogP contribution in [0.2, 0.25) is 5.15 Å². The number of hydrogen-bond donors (Lipinski definition) is 2. The topological polar surface area (TPSA) is 54.0 Å². The molecule has 1 aromatic rings. The molecule has 1 saturated carbocycles. The van der Waals surface area contributed by atoms with Crippen LogP contribution in [-0.2, 0) is 0 Å². The molecule has 0 radical (unpaired) electrons. The van der Waals surface area contributed by atoms with Crippen molar-refractivity contribution in [2.45, 2.75) is 45.6 Å². The zero-order valence-electron chi connectivity index (χ0n) is 12.1. The SMILES string of the molecule is CCCNc1cc(C(=O)NC(C)CC2CC2)cc(Cl)n1. The fourth-order valence-corrected chi connectivity index (χ4v) is 2.40.